The summed E-state index contributed by atoms with van der Waals surface area (Å²) in [5.41, 5.74) is 2.22. The maximum atomic E-state index is 13.0. The maximum absolute atomic E-state index is 13.0. The number of hydrogen-bond acceptors (Lipinski definition) is 3. The van der Waals surface area contributed by atoms with Gasteiger partial charge in [0, 0.05) is 24.2 Å². The standard InChI is InChI=1S/C23H24N4O3/c1-14-12-19(14)22(29)24-17-9-7-8-16(13-17)21(28)25-20-15(2)26(3)27(23(20)30)18-10-5-4-6-11-18/h4-11,13-14,19H,12H2,1-3H3,(H,24,29)(H,25,28)/t14-,19+/m1/s1. The molecule has 30 heavy (non-hydrogen) atoms. The maximum Gasteiger partial charge on any atom is 0.295 e. The third-order valence-electron chi connectivity index (χ3n) is 5.63. The normalized spacial score (nSPS) is 17.4. The smallest absolute Gasteiger partial charge is 0.295 e. The first kappa shape index (κ1) is 19.7. The largest absolute Gasteiger partial charge is 0.326 e. The number of carbonyl (C=O) groups excluding carboxylic acids is 2. The first-order chi connectivity index (χ1) is 14.4. The van der Waals surface area contributed by atoms with E-state index in [0.29, 0.717) is 28.6 Å². The fraction of sp³-hybridized carbons (Fsp3) is 0.261. The third kappa shape index (κ3) is 3.66. The highest BCUT2D eigenvalue weighted by atomic mass is 16.2. The minimum Gasteiger partial charge on any atom is -0.326 e. The van der Waals surface area contributed by atoms with Crippen molar-refractivity contribution in [2.75, 3.05) is 10.6 Å². The van der Waals surface area contributed by atoms with Crippen molar-refractivity contribution in [2.24, 2.45) is 18.9 Å². The molecular weight excluding hydrogens is 380 g/mol. The van der Waals surface area contributed by atoms with Gasteiger partial charge in [0.05, 0.1) is 11.4 Å². The van der Waals surface area contributed by atoms with Crippen LogP contribution in [0.4, 0.5) is 11.4 Å². The van der Waals surface area contributed by atoms with E-state index in [4.69, 9.17) is 0 Å². The Morgan fingerprint density at radius 1 is 1.03 bits per heavy atom. The van der Waals surface area contributed by atoms with E-state index in [1.165, 1.54) is 4.68 Å². The van der Waals surface area contributed by atoms with Gasteiger partial charge in [0.25, 0.3) is 11.5 Å². The van der Waals surface area contributed by atoms with E-state index < -0.39 is 5.91 Å². The van der Waals surface area contributed by atoms with Crippen LogP contribution in [0, 0.1) is 18.8 Å². The Kier molecular flexibility index (Phi) is 5.03. The molecule has 0 aliphatic heterocycles. The highest BCUT2D eigenvalue weighted by Crippen LogP contribution is 2.38. The Labute approximate surface area is 174 Å². The van der Waals surface area contributed by atoms with Gasteiger partial charge in [0.2, 0.25) is 5.91 Å². The average Bonchev–Trinajstić information content (AvgIpc) is 3.44. The van der Waals surface area contributed by atoms with Crippen molar-refractivity contribution in [3.8, 4) is 5.69 Å². The van der Waals surface area contributed by atoms with Gasteiger partial charge in [0.15, 0.2) is 0 Å². The second-order valence-electron chi connectivity index (χ2n) is 7.78. The zero-order valence-electron chi connectivity index (χ0n) is 17.2. The molecule has 7 nitrogen and oxygen atoms in total. The molecule has 1 fully saturated rings. The molecule has 1 saturated carbocycles. The summed E-state index contributed by atoms with van der Waals surface area (Å²) in [7, 11) is 1.77. The first-order valence-electron chi connectivity index (χ1n) is 9.93. The quantitative estimate of drug-likeness (QED) is 0.684. The number of para-hydroxylation sites is 1. The zero-order chi connectivity index (χ0) is 21.4. The lowest BCUT2D eigenvalue weighted by atomic mass is 10.1. The Hall–Kier alpha value is -3.61. The summed E-state index contributed by atoms with van der Waals surface area (Å²) in [6, 6.07) is 16.0. The van der Waals surface area contributed by atoms with Crippen molar-refractivity contribution in [3.05, 3.63) is 76.2 Å². The molecule has 4 rings (SSSR count). The lowest BCUT2D eigenvalue weighted by Gasteiger charge is -2.08. The molecule has 0 spiro atoms. The Morgan fingerprint density at radius 3 is 2.40 bits per heavy atom. The SMILES string of the molecule is Cc1c(NC(=O)c2cccc(NC(=O)[C@H]3C[C@H]3C)c2)c(=O)n(-c2ccccc2)n1C. The van der Waals surface area contributed by atoms with Crippen LogP contribution in [0.2, 0.25) is 0 Å². The number of nitrogens with zero attached hydrogens (tertiary/aromatic N) is 2. The fourth-order valence-electron chi connectivity index (χ4n) is 3.56. The first-order valence-corrected chi connectivity index (χ1v) is 9.93. The van der Waals surface area contributed by atoms with Crippen LogP contribution >= 0.6 is 0 Å². The Morgan fingerprint density at radius 2 is 1.73 bits per heavy atom. The molecule has 1 aliphatic rings. The van der Waals surface area contributed by atoms with E-state index >= 15 is 0 Å². The van der Waals surface area contributed by atoms with E-state index in [1.807, 2.05) is 37.3 Å². The number of aromatic nitrogens is 2. The van der Waals surface area contributed by atoms with Gasteiger partial charge in [-0.2, -0.15) is 0 Å². The second kappa shape index (κ2) is 7.67. The number of benzene rings is 2. The number of rotatable bonds is 5. The monoisotopic (exact) mass is 404 g/mol. The Bertz CT molecular complexity index is 1180. The molecule has 3 aromatic rings. The highest BCUT2D eigenvalue weighted by Gasteiger charge is 2.39. The lowest BCUT2D eigenvalue weighted by Crippen LogP contribution is -2.23. The molecule has 0 bridgehead atoms. The predicted molar refractivity (Wildman–Crippen MR) is 116 cm³/mol. The van der Waals surface area contributed by atoms with Crippen LogP contribution in [-0.2, 0) is 11.8 Å². The number of hydrogen-bond donors (Lipinski definition) is 2. The minimum absolute atomic E-state index is 0.0234. The molecule has 154 valence electrons. The molecule has 7 heteroatoms. The van der Waals surface area contributed by atoms with Crippen LogP contribution in [-0.4, -0.2) is 21.2 Å². The molecule has 2 atom stereocenters. The number of anilines is 2. The summed E-state index contributed by atoms with van der Waals surface area (Å²) in [6.45, 7) is 3.82. The van der Waals surface area contributed by atoms with Gasteiger partial charge >= 0.3 is 0 Å². The van der Waals surface area contributed by atoms with E-state index in [0.717, 1.165) is 6.42 Å². The van der Waals surface area contributed by atoms with E-state index in [9.17, 15) is 14.4 Å². The van der Waals surface area contributed by atoms with Gasteiger partial charge in [-0.05, 0) is 49.6 Å². The molecule has 2 aromatic carbocycles. The summed E-state index contributed by atoms with van der Waals surface area (Å²) in [6.07, 6.45) is 0.896. The summed E-state index contributed by atoms with van der Waals surface area (Å²) in [5, 5.41) is 5.60. The summed E-state index contributed by atoms with van der Waals surface area (Å²) >= 11 is 0. The van der Waals surface area contributed by atoms with Crippen LogP contribution in [0.15, 0.2) is 59.4 Å². The average molecular weight is 404 g/mol. The van der Waals surface area contributed by atoms with E-state index in [1.54, 1.807) is 42.9 Å². The second-order valence-corrected chi connectivity index (χ2v) is 7.78. The molecule has 1 aromatic heterocycles. The van der Waals surface area contributed by atoms with Gasteiger partial charge in [-0.1, -0.05) is 31.2 Å². The summed E-state index contributed by atoms with van der Waals surface area (Å²) in [5.74, 6) is 0.0248. The van der Waals surface area contributed by atoms with Gasteiger partial charge < -0.3 is 10.6 Å². The van der Waals surface area contributed by atoms with Crippen molar-refractivity contribution in [2.45, 2.75) is 20.3 Å². The van der Waals surface area contributed by atoms with Crippen LogP contribution in [0.5, 0.6) is 0 Å². The topological polar surface area (TPSA) is 85.1 Å². The van der Waals surface area contributed by atoms with Gasteiger partial charge in [-0.15, -0.1) is 0 Å². The van der Waals surface area contributed by atoms with Crippen molar-refractivity contribution < 1.29 is 9.59 Å². The third-order valence-corrected chi connectivity index (χ3v) is 5.63. The van der Waals surface area contributed by atoms with Gasteiger partial charge in [0.1, 0.15) is 5.69 Å². The minimum atomic E-state index is -0.406. The Balaban J connectivity index is 1.57. The number of carbonyl (C=O) groups is 2. The van der Waals surface area contributed by atoms with Gasteiger partial charge in [-0.3, -0.25) is 19.1 Å². The summed E-state index contributed by atoms with van der Waals surface area (Å²) in [4.78, 5) is 38.0. The number of amides is 2. The molecule has 1 heterocycles. The zero-order valence-corrected chi connectivity index (χ0v) is 17.2. The van der Waals surface area contributed by atoms with Crippen LogP contribution < -0.4 is 16.2 Å². The highest BCUT2D eigenvalue weighted by molar-refractivity contribution is 6.05. The van der Waals surface area contributed by atoms with E-state index in [-0.39, 0.29) is 23.1 Å². The van der Waals surface area contributed by atoms with Crippen molar-refractivity contribution in [3.63, 3.8) is 0 Å². The van der Waals surface area contributed by atoms with Crippen LogP contribution in [0.25, 0.3) is 5.69 Å². The van der Waals surface area contributed by atoms with Gasteiger partial charge in [-0.25, -0.2) is 4.68 Å². The molecule has 0 radical (unpaired) electrons. The molecule has 1 aliphatic carbocycles. The molecule has 0 saturated heterocycles. The van der Waals surface area contributed by atoms with Crippen LogP contribution in [0.3, 0.4) is 0 Å². The predicted octanol–water partition coefficient (Wildman–Crippen LogP) is 3.33. The number of nitrogens with one attached hydrogen (secondary N) is 2. The van der Waals surface area contributed by atoms with Crippen molar-refractivity contribution in [1.29, 1.82) is 0 Å². The molecule has 0 unspecified atom stereocenters. The van der Waals surface area contributed by atoms with Crippen molar-refractivity contribution >= 4 is 23.2 Å². The summed E-state index contributed by atoms with van der Waals surface area (Å²) < 4.78 is 3.22. The molecule has 2 N–H and O–H groups in total. The van der Waals surface area contributed by atoms with Crippen molar-refractivity contribution in [1.82, 2.24) is 9.36 Å². The van der Waals surface area contributed by atoms with E-state index in [2.05, 4.69) is 10.6 Å². The van der Waals surface area contributed by atoms with Crippen LogP contribution in [0.1, 0.15) is 29.4 Å². The fourth-order valence-corrected chi connectivity index (χ4v) is 3.56. The molecular formula is C23H24N4O3. The lowest BCUT2D eigenvalue weighted by molar-refractivity contribution is -0.117. The molecule has 2 amide bonds.